The zero-order valence-corrected chi connectivity index (χ0v) is 15.8. The van der Waals surface area contributed by atoms with E-state index in [0.717, 1.165) is 0 Å². The van der Waals surface area contributed by atoms with Crippen LogP contribution >= 0.6 is 0 Å². The van der Waals surface area contributed by atoms with Gasteiger partial charge >= 0.3 is 6.09 Å². The van der Waals surface area contributed by atoms with Crippen LogP contribution in [0.2, 0.25) is 0 Å². The highest BCUT2D eigenvalue weighted by molar-refractivity contribution is 7.89. The standard InChI is InChI=1S/C16H24N2O6S/c1-15(2,3)24-14(19)18-16(4,5)9-17-25(20,21)11-6-7-12-13(8-11)23-10-22-12/h6-8,17H,9-10H2,1-5H3,(H,18,19). The highest BCUT2D eigenvalue weighted by Gasteiger charge is 2.27. The summed E-state index contributed by atoms with van der Waals surface area (Å²) in [5, 5.41) is 2.65. The van der Waals surface area contributed by atoms with Gasteiger partial charge in [-0.15, -0.1) is 0 Å². The van der Waals surface area contributed by atoms with Crippen LogP contribution in [-0.2, 0) is 14.8 Å². The minimum atomic E-state index is -3.76. The summed E-state index contributed by atoms with van der Waals surface area (Å²) in [7, 11) is -3.76. The number of alkyl carbamates (subject to hydrolysis) is 1. The first-order chi connectivity index (χ1) is 11.4. The van der Waals surface area contributed by atoms with Gasteiger partial charge in [0.25, 0.3) is 0 Å². The van der Waals surface area contributed by atoms with Crippen molar-refractivity contribution in [2.75, 3.05) is 13.3 Å². The van der Waals surface area contributed by atoms with E-state index >= 15 is 0 Å². The Morgan fingerprint density at radius 1 is 1.16 bits per heavy atom. The summed E-state index contributed by atoms with van der Waals surface area (Å²) in [6.45, 7) is 8.70. The van der Waals surface area contributed by atoms with Crippen LogP contribution in [0.15, 0.2) is 23.1 Å². The highest BCUT2D eigenvalue weighted by atomic mass is 32.2. The predicted octanol–water partition coefficient (Wildman–Crippen LogP) is 2.00. The number of carbonyl (C=O) groups excluding carboxylic acids is 1. The average Bonchev–Trinajstić information content (AvgIpc) is 2.90. The molecule has 0 aliphatic carbocycles. The number of carbonyl (C=O) groups is 1. The maximum absolute atomic E-state index is 12.4. The fourth-order valence-corrected chi connectivity index (χ4v) is 3.25. The van der Waals surface area contributed by atoms with Crippen molar-refractivity contribution >= 4 is 16.1 Å². The van der Waals surface area contributed by atoms with Gasteiger partial charge in [0.05, 0.1) is 10.4 Å². The van der Waals surface area contributed by atoms with Crippen molar-refractivity contribution in [2.24, 2.45) is 0 Å². The molecule has 0 spiro atoms. The normalized spacial score (nSPS) is 14.3. The van der Waals surface area contributed by atoms with Crippen LogP contribution in [0.4, 0.5) is 4.79 Å². The number of rotatable bonds is 5. The number of benzene rings is 1. The second-order valence-corrected chi connectivity index (χ2v) is 9.12. The van der Waals surface area contributed by atoms with Crippen molar-refractivity contribution in [1.29, 1.82) is 0 Å². The van der Waals surface area contributed by atoms with E-state index in [0.29, 0.717) is 11.5 Å². The third kappa shape index (κ3) is 5.50. The lowest BCUT2D eigenvalue weighted by atomic mass is 10.1. The quantitative estimate of drug-likeness (QED) is 0.819. The second kappa shape index (κ2) is 6.72. The topological polar surface area (TPSA) is 103 Å². The van der Waals surface area contributed by atoms with Crippen LogP contribution in [0, 0.1) is 0 Å². The fraction of sp³-hybridized carbons (Fsp3) is 0.562. The van der Waals surface area contributed by atoms with Crippen LogP contribution in [-0.4, -0.2) is 39.0 Å². The number of fused-ring (bicyclic) bond motifs is 1. The molecule has 25 heavy (non-hydrogen) atoms. The third-order valence-corrected chi connectivity index (χ3v) is 4.60. The Morgan fingerprint density at radius 2 is 1.80 bits per heavy atom. The van der Waals surface area contributed by atoms with E-state index in [2.05, 4.69) is 10.0 Å². The van der Waals surface area contributed by atoms with Gasteiger partial charge in [0.15, 0.2) is 11.5 Å². The molecule has 140 valence electrons. The smallest absolute Gasteiger partial charge is 0.408 e. The van der Waals surface area contributed by atoms with E-state index in [1.54, 1.807) is 40.7 Å². The summed E-state index contributed by atoms with van der Waals surface area (Å²) < 4.78 is 42.9. The summed E-state index contributed by atoms with van der Waals surface area (Å²) in [6, 6.07) is 4.38. The van der Waals surface area contributed by atoms with Crippen molar-refractivity contribution < 1.29 is 27.4 Å². The summed E-state index contributed by atoms with van der Waals surface area (Å²) in [4.78, 5) is 11.9. The SMILES string of the molecule is CC(C)(CNS(=O)(=O)c1ccc2c(c1)OCO2)NC(=O)OC(C)(C)C. The molecule has 0 unspecified atom stereocenters. The van der Waals surface area contributed by atoms with Gasteiger partial charge in [-0.3, -0.25) is 0 Å². The van der Waals surface area contributed by atoms with Crippen molar-refractivity contribution in [3.8, 4) is 11.5 Å². The molecule has 0 aromatic heterocycles. The van der Waals surface area contributed by atoms with E-state index in [9.17, 15) is 13.2 Å². The highest BCUT2D eigenvalue weighted by Crippen LogP contribution is 2.33. The fourth-order valence-electron chi connectivity index (χ4n) is 2.03. The lowest BCUT2D eigenvalue weighted by Gasteiger charge is -2.28. The van der Waals surface area contributed by atoms with Gasteiger partial charge in [0.1, 0.15) is 5.60 Å². The third-order valence-electron chi connectivity index (χ3n) is 3.20. The molecule has 1 amide bonds. The van der Waals surface area contributed by atoms with Gasteiger partial charge in [-0.25, -0.2) is 17.9 Å². The van der Waals surface area contributed by atoms with Gasteiger partial charge in [-0.2, -0.15) is 0 Å². The van der Waals surface area contributed by atoms with Crippen molar-refractivity contribution in [3.63, 3.8) is 0 Å². The number of amides is 1. The van der Waals surface area contributed by atoms with Gasteiger partial charge in [0, 0.05) is 12.6 Å². The number of hydrogen-bond donors (Lipinski definition) is 2. The van der Waals surface area contributed by atoms with E-state index in [1.807, 2.05) is 0 Å². The van der Waals surface area contributed by atoms with E-state index < -0.39 is 27.3 Å². The second-order valence-electron chi connectivity index (χ2n) is 7.35. The molecule has 1 aromatic carbocycles. The number of hydrogen-bond acceptors (Lipinski definition) is 6. The molecule has 1 aliphatic rings. The lowest BCUT2D eigenvalue weighted by Crippen LogP contribution is -2.52. The maximum Gasteiger partial charge on any atom is 0.408 e. The summed E-state index contributed by atoms with van der Waals surface area (Å²) in [5.41, 5.74) is -1.47. The molecule has 2 N–H and O–H groups in total. The number of ether oxygens (including phenoxy) is 3. The first-order valence-electron chi connectivity index (χ1n) is 7.78. The molecular formula is C16H24N2O6S. The van der Waals surface area contributed by atoms with Crippen LogP contribution in [0.3, 0.4) is 0 Å². The first kappa shape index (κ1) is 19.3. The summed E-state index contributed by atoms with van der Waals surface area (Å²) in [6.07, 6.45) is -0.611. The van der Waals surface area contributed by atoms with Crippen molar-refractivity contribution in [2.45, 2.75) is 50.7 Å². The molecule has 8 nitrogen and oxygen atoms in total. The van der Waals surface area contributed by atoms with E-state index in [-0.39, 0.29) is 18.2 Å². The van der Waals surface area contributed by atoms with Gasteiger partial charge in [0.2, 0.25) is 16.8 Å². The monoisotopic (exact) mass is 372 g/mol. The van der Waals surface area contributed by atoms with E-state index in [4.69, 9.17) is 14.2 Å². The molecule has 2 rings (SSSR count). The Bertz CT molecular complexity index is 752. The summed E-state index contributed by atoms with van der Waals surface area (Å²) in [5.74, 6) is 0.889. The number of nitrogens with one attached hydrogen (secondary N) is 2. The van der Waals surface area contributed by atoms with Crippen LogP contribution < -0.4 is 19.5 Å². The van der Waals surface area contributed by atoms with Crippen LogP contribution in [0.5, 0.6) is 11.5 Å². The molecule has 9 heteroatoms. The van der Waals surface area contributed by atoms with Crippen LogP contribution in [0.1, 0.15) is 34.6 Å². The molecule has 1 aromatic rings. The minimum Gasteiger partial charge on any atom is -0.454 e. The zero-order chi connectivity index (χ0) is 18.9. The van der Waals surface area contributed by atoms with Gasteiger partial charge in [-0.1, -0.05) is 0 Å². The first-order valence-corrected chi connectivity index (χ1v) is 9.27. The molecule has 0 fully saturated rings. The van der Waals surface area contributed by atoms with Crippen molar-refractivity contribution in [1.82, 2.24) is 10.0 Å². The Morgan fingerprint density at radius 3 is 2.44 bits per heavy atom. The predicted molar refractivity (Wildman–Crippen MR) is 91.2 cm³/mol. The summed E-state index contributed by atoms with van der Waals surface area (Å²) >= 11 is 0. The molecule has 0 saturated heterocycles. The van der Waals surface area contributed by atoms with Crippen LogP contribution in [0.25, 0.3) is 0 Å². The van der Waals surface area contributed by atoms with Gasteiger partial charge in [-0.05, 0) is 46.8 Å². The molecule has 0 radical (unpaired) electrons. The molecule has 1 aliphatic heterocycles. The molecule has 0 bridgehead atoms. The molecule has 0 saturated carbocycles. The Kier molecular flexibility index (Phi) is 5.19. The zero-order valence-electron chi connectivity index (χ0n) is 15.0. The van der Waals surface area contributed by atoms with Gasteiger partial charge < -0.3 is 19.5 Å². The lowest BCUT2D eigenvalue weighted by molar-refractivity contribution is 0.0474. The maximum atomic E-state index is 12.4. The molecular weight excluding hydrogens is 348 g/mol. The largest absolute Gasteiger partial charge is 0.454 e. The van der Waals surface area contributed by atoms with E-state index in [1.165, 1.54) is 12.1 Å². The Labute approximate surface area is 147 Å². The minimum absolute atomic E-state index is 0.0109. The Balaban J connectivity index is 1.99. The Hall–Kier alpha value is -2.00. The molecule has 0 atom stereocenters. The average molecular weight is 372 g/mol. The van der Waals surface area contributed by atoms with Crippen molar-refractivity contribution in [3.05, 3.63) is 18.2 Å². The molecule has 1 heterocycles. The number of sulfonamides is 1.